The number of rotatable bonds is 6. The molecule has 0 spiro atoms. The summed E-state index contributed by atoms with van der Waals surface area (Å²) in [5.74, 6) is -0.644. The Balaban J connectivity index is 1.10. The van der Waals surface area contributed by atoms with E-state index in [1.165, 1.54) is 4.57 Å². The lowest BCUT2D eigenvalue weighted by Gasteiger charge is -2.31. The van der Waals surface area contributed by atoms with E-state index in [0.717, 1.165) is 5.56 Å². The SMILES string of the molecule is [2H]C([2H])([2H])Cc1c2c(nc3ccc(OC(=O)N4CCC(NC(=O)OCc5ccccc5)CC4)cc13)-c1cc3c(c(=O)n1C2)COC(=O)[C@@]3(O)CC. The van der Waals surface area contributed by atoms with Crippen molar-refractivity contribution < 1.29 is 37.8 Å². The van der Waals surface area contributed by atoms with E-state index in [9.17, 15) is 24.3 Å². The van der Waals surface area contributed by atoms with Crippen molar-refractivity contribution in [2.45, 2.75) is 70.9 Å². The number of aromatic nitrogens is 2. The Kier molecular flexibility index (Phi) is 7.20. The number of ether oxygens (including phenoxy) is 3. The van der Waals surface area contributed by atoms with Crippen LogP contribution in [0.3, 0.4) is 0 Å². The minimum atomic E-state index is -2.39. The van der Waals surface area contributed by atoms with Crippen molar-refractivity contribution in [2.75, 3.05) is 13.1 Å². The Hall–Kier alpha value is -5.23. The number of fused-ring (bicyclic) bond motifs is 5. The molecule has 2 amide bonds. The number of piperidine rings is 1. The summed E-state index contributed by atoms with van der Waals surface area (Å²) in [7, 11) is 0. The highest BCUT2D eigenvalue weighted by atomic mass is 16.6. The summed E-state index contributed by atoms with van der Waals surface area (Å²) in [4.78, 5) is 58.1. The first-order chi connectivity index (χ1) is 24.3. The highest BCUT2D eigenvalue weighted by Crippen LogP contribution is 2.40. The normalized spacial score (nSPS) is 19.7. The van der Waals surface area contributed by atoms with Gasteiger partial charge in [0.2, 0.25) is 0 Å². The minimum Gasteiger partial charge on any atom is -0.458 e. The lowest BCUT2D eigenvalue weighted by atomic mass is 9.86. The number of esters is 1. The number of nitrogens with zero attached hydrogens (tertiary/aromatic N) is 3. The molecule has 12 nitrogen and oxygen atoms in total. The highest BCUT2D eigenvalue weighted by molar-refractivity contribution is 5.90. The Bertz CT molecular complexity index is 2110. The van der Waals surface area contributed by atoms with E-state index in [1.807, 2.05) is 30.3 Å². The summed E-state index contributed by atoms with van der Waals surface area (Å²) in [6, 6.07) is 15.5. The molecule has 248 valence electrons. The van der Waals surface area contributed by atoms with E-state index in [4.69, 9.17) is 23.3 Å². The molecule has 2 aromatic carbocycles. The molecule has 48 heavy (non-hydrogen) atoms. The molecule has 1 saturated heterocycles. The van der Waals surface area contributed by atoms with Gasteiger partial charge in [0.15, 0.2) is 5.60 Å². The number of alkyl carbamates (subject to hydrolysis) is 1. The van der Waals surface area contributed by atoms with Gasteiger partial charge in [-0.15, -0.1) is 0 Å². The molecule has 1 fully saturated rings. The monoisotopic (exact) mass is 655 g/mol. The van der Waals surface area contributed by atoms with Crippen LogP contribution in [-0.4, -0.2) is 56.8 Å². The first-order valence-electron chi connectivity index (χ1n) is 17.4. The highest BCUT2D eigenvalue weighted by Gasteiger charge is 2.45. The van der Waals surface area contributed by atoms with Crippen molar-refractivity contribution in [1.82, 2.24) is 19.8 Å². The van der Waals surface area contributed by atoms with Crippen molar-refractivity contribution >= 4 is 29.1 Å². The summed E-state index contributed by atoms with van der Waals surface area (Å²) in [5.41, 5.74) is 0.856. The van der Waals surface area contributed by atoms with Crippen LogP contribution in [0.15, 0.2) is 59.4 Å². The van der Waals surface area contributed by atoms with Gasteiger partial charge in [0, 0.05) is 39.8 Å². The zero-order valence-corrected chi connectivity index (χ0v) is 26.3. The van der Waals surface area contributed by atoms with Crippen molar-refractivity contribution in [3.63, 3.8) is 0 Å². The van der Waals surface area contributed by atoms with Crippen LogP contribution in [0.4, 0.5) is 9.59 Å². The molecule has 12 heteroatoms. The van der Waals surface area contributed by atoms with Crippen LogP contribution < -0.4 is 15.6 Å². The Morgan fingerprint density at radius 1 is 1.12 bits per heavy atom. The molecule has 5 heterocycles. The van der Waals surface area contributed by atoms with Gasteiger partial charge in [0.1, 0.15) is 19.0 Å². The molecule has 7 rings (SSSR count). The largest absolute Gasteiger partial charge is 0.458 e. The second kappa shape index (κ2) is 12.4. The number of nitrogens with one attached hydrogen (secondary N) is 1. The maximum Gasteiger partial charge on any atom is 0.415 e. The van der Waals surface area contributed by atoms with Crippen LogP contribution >= 0.6 is 0 Å². The zero-order valence-electron chi connectivity index (χ0n) is 29.3. The summed E-state index contributed by atoms with van der Waals surface area (Å²) >= 11 is 0. The van der Waals surface area contributed by atoms with Gasteiger partial charge >= 0.3 is 18.2 Å². The zero-order chi connectivity index (χ0) is 36.1. The van der Waals surface area contributed by atoms with Gasteiger partial charge in [-0.05, 0) is 61.1 Å². The van der Waals surface area contributed by atoms with E-state index in [1.54, 1.807) is 36.1 Å². The van der Waals surface area contributed by atoms with E-state index in [0.29, 0.717) is 59.3 Å². The molecule has 0 radical (unpaired) electrons. The predicted octanol–water partition coefficient (Wildman–Crippen LogP) is 4.53. The molecule has 2 aromatic heterocycles. The summed E-state index contributed by atoms with van der Waals surface area (Å²) in [5, 5.41) is 14.5. The van der Waals surface area contributed by atoms with Crippen LogP contribution in [0.2, 0.25) is 0 Å². The number of hydrogen-bond donors (Lipinski definition) is 2. The topological polar surface area (TPSA) is 149 Å². The predicted molar refractivity (Wildman–Crippen MR) is 174 cm³/mol. The molecule has 0 aliphatic carbocycles. The fourth-order valence-electron chi connectivity index (χ4n) is 6.71. The van der Waals surface area contributed by atoms with Crippen LogP contribution in [0.25, 0.3) is 22.3 Å². The first-order valence-corrected chi connectivity index (χ1v) is 15.9. The van der Waals surface area contributed by atoms with Crippen molar-refractivity contribution in [2.24, 2.45) is 0 Å². The van der Waals surface area contributed by atoms with Crippen LogP contribution in [-0.2, 0) is 46.0 Å². The quantitative estimate of drug-likeness (QED) is 0.252. The van der Waals surface area contributed by atoms with Crippen molar-refractivity contribution in [3.8, 4) is 17.1 Å². The van der Waals surface area contributed by atoms with E-state index >= 15 is 0 Å². The van der Waals surface area contributed by atoms with E-state index < -0.39 is 36.2 Å². The van der Waals surface area contributed by atoms with Gasteiger partial charge in [0.25, 0.3) is 5.56 Å². The second-order valence-corrected chi connectivity index (χ2v) is 12.2. The maximum absolute atomic E-state index is 13.7. The molecule has 0 saturated carbocycles. The van der Waals surface area contributed by atoms with Gasteiger partial charge < -0.3 is 34.1 Å². The fraction of sp³-hybridized carbons (Fsp3) is 0.361. The third-order valence-electron chi connectivity index (χ3n) is 9.45. The maximum atomic E-state index is 13.7. The van der Waals surface area contributed by atoms with Crippen molar-refractivity contribution in [1.29, 1.82) is 0 Å². The van der Waals surface area contributed by atoms with E-state index in [-0.39, 0.29) is 55.5 Å². The molecule has 0 bridgehead atoms. The number of aliphatic hydroxyl groups is 1. The molecule has 3 aliphatic rings. The lowest BCUT2D eigenvalue weighted by molar-refractivity contribution is -0.172. The van der Waals surface area contributed by atoms with Gasteiger partial charge in [-0.2, -0.15) is 0 Å². The van der Waals surface area contributed by atoms with E-state index in [2.05, 4.69) is 5.32 Å². The first kappa shape index (κ1) is 27.8. The van der Waals surface area contributed by atoms with Crippen LogP contribution in [0, 0.1) is 0 Å². The molecule has 1 atom stereocenters. The Morgan fingerprint density at radius 2 is 1.92 bits per heavy atom. The number of carbonyl (C=O) groups is 3. The number of cyclic esters (lactones) is 1. The summed E-state index contributed by atoms with van der Waals surface area (Å²) in [6.45, 7) is -0.185. The average molecular weight is 656 g/mol. The number of aryl methyl sites for hydroxylation is 1. The van der Waals surface area contributed by atoms with Gasteiger partial charge in [-0.1, -0.05) is 44.1 Å². The molecule has 0 unspecified atom stereocenters. The average Bonchev–Trinajstić information content (AvgIpc) is 3.48. The van der Waals surface area contributed by atoms with Crippen LogP contribution in [0.5, 0.6) is 5.75 Å². The van der Waals surface area contributed by atoms with Gasteiger partial charge in [-0.3, -0.25) is 4.79 Å². The third-order valence-corrected chi connectivity index (χ3v) is 9.45. The number of hydrogen-bond acceptors (Lipinski definition) is 9. The molecular formula is C36H36N4O8. The van der Waals surface area contributed by atoms with Gasteiger partial charge in [-0.25, -0.2) is 19.4 Å². The second-order valence-electron chi connectivity index (χ2n) is 12.2. The van der Waals surface area contributed by atoms with Crippen molar-refractivity contribution in [3.05, 3.63) is 92.8 Å². The minimum absolute atomic E-state index is 0.00967. The van der Waals surface area contributed by atoms with Crippen LogP contribution in [0.1, 0.15) is 65.0 Å². The van der Waals surface area contributed by atoms with Gasteiger partial charge in [0.05, 0.1) is 29.0 Å². The number of pyridine rings is 2. The Morgan fingerprint density at radius 3 is 2.67 bits per heavy atom. The number of amides is 2. The molecular weight excluding hydrogens is 616 g/mol. The lowest BCUT2D eigenvalue weighted by Crippen LogP contribution is -2.47. The summed E-state index contributed by atoms with van der Waals surface area (Å²) in [6.07, 6.45) is -0.456. The standard InChI is InChI=1S/C36H36N4O8/c1-3-24-25-16-23(48-35(44)39-14-12-22(13-15-39)37-34(43)47-19-21-8-6-5-7-9-21)10-11-29(25)38-31-26(24)18-40-30(31)17-28-27(32(40)41)20-46-33(42)36(28,45)4-2/h5-11,16-17,22,45H,3-4,12-15,18-20H2,1-2H3,(H,37,43)/t36-/m1/s1/i1D3. The number of likely N-dealkylation sites (tertiary alicyclic amines) is 1. The third kappa shape index (κ3) is 5.45. The number of benzene rings is 2. The fourth-order valence-corrected chi connectivity index (χ4v) is 6.71. The molecule has 3 aliphatic heterocycles. The molecule has 2 N–H and O–H groups in total. The smallest absolute Gasteiger partial charge is 0.415 e. The molecule has 4 aromatic rings. The number of carbonyl (C=O) groups excluding carboxylic acids is 3. The summed E-state index contributed by atoms with van der Waals surface area (Å²) < 4.78 is 42.0. The Labute approximate surface area is 280 Å².